The molecular weight excluding hydrogens is 488 g/mol. The van der Waals surface area contributed by atoms with E-state index in [9.17, 15) is 19.8 Å². The van der Waals surface area contributed by atoms with Crippen molar-refractivity contribution in [2.75, 3.05) is 5.32 Å². The normalized spacial score (nSPS) is 12.9. The topological polar surface area (TPSA) is 116 Å². The standard InChI is InChI=1S/C24H17BrN4O4/c25-15-8-4-7-14(9-15)12-29-22(32)17-18(23(29)33)21(31)19-16(20(17)30)11-27-24(28-19)26-10-13-5-2-1-3-6-13/h1-9,11,30-31H,10,12H2,(H,26,27,28). The average Bonchev–Trinajstić information content (AvgIpc) is 3.07. The zero-order chi connectivity index (χ0) is 23.1. The van der Waals surface area contributed by atoms with E-state index in [1.165, 1.54) is 6.20 Å². The van der Waals surface area contributed by atoms with Gasteiger partial charge in [0.15, 0.2) is 5.75 Å². The molecule has 1 aliphatic rings. The fraction of sp³-hybridized carbons (Fsp3) is 0.0833. The summed E-state index contributed by atoms with van der Waals surface area (Å²) >= 11 is 3.37. The maximum absolute atomic E-state index is 13.1. The summed E-state index contributed by atoms with van der Waals surface area (Å²) in [5, 5.41) is 24.8. The minimum absolute atomic E-state index is 0.00340. The van der Waals surface area contributed by atoms with Gasteiger partial charge < -0.3 is 15.5 Å². The second-order valence-electron chi connectivity index (χ2n) is 7.57. The van der Waals surface area contributed by atoms with Crippen LogP contribution in [0, 0.1) is 0 Å². The average molecular weight is 505 g/mol. The number of hydrogen-bond donors (Lipinski definition) is 3. The Balaban J connectivity index is 1.51. The van der Waals surface area contributed by atoms with Crippen molar-refractivity contribution < 1.29 is 19.8 Å². The van der Waals surface area contributed by atoms with Gasteiger partial charge in [-0.25, -0.2) is 9.97 Å². The van der Waals surface area contributed by atoms with Crippen molar-refractivity contribution in [3.8, 4) is 11.5 Å². The monoisotopic (exact) mass is 504 g/mol. The number of amides is 2. The van der Waals surface area contributed by atoms with Crippen molar-refractivity contribution in [3.63, 3.8) is 0 Å². The van der Waals surface area contributed by atoms with Gasteiger partial charge in [-0.05, 0) is 23.3 Å². The molecule has 0 saturated heterocycles. The smallest absolute Gasteiger partial charge is 0.265 e. The minimum atomic E-state index is -0.693. The Hall–Kier alpha value is -3.98. The molecule has 0 unspecified atom stereocenters. The van der Waals surface area contributed by atoms with Gasteiger partial charge in [-0.15, -0.1) is 0 Å². The van der Waals surface area contributed by atoms with E-state index in [0.717, 1.165) is 20.5 Å². The molecule has 1 aliphatic heterocycles. The first-order valence-corrected chi connectivity index (χ1v) is 10.9. The number of nitrogens with one attached hydrogen (secondary N) is 1. The highest BCUT2D eigenvalue weighted by Gasteiger charge is 2.42. The number of phenolic OH excluding ortho intramolecular Hbond substituents is 2. The van der Waals surface area contributed by atoms with Gasteiger partial charge in [0.1, 0.15) is 16.8 Å². The molecule has 0 atom stereocenters. The van der Waals surface area contributed by atoms with E-state index in [1.54, 1.807) is 18.2 Å². The summed E-state index contributed by atoms with van der Waals surface area (Å²) in [4.78, 5) is 35.5. The molecule has 0 spiro atoms. The lowest BCUT2D eigenvalue weighted by molar-refractivity contribution is 0.0641. The van der Waals surface area contributed by atoms with E-state index in [0.29, 0.717) is 6.54 Å². The quantitative estimate of drug-likeness (QED) is 0.275. The molecule has 3 aromatic carbocycles. The third-order valence-electron chi connectivity index (χ3n) is 5.43. The van der Waals surface area contributed by atoms with Crippen LogP contribution in [0.2, 0.25) is 0 Å². The molecule has 0 bridgehead atoms. The van der Waals surface area contributed by atoms with Gasteiger partial charge in [-0.1, -0.05) is 58.4 Å². The van der Waals surface area contributed by atoms with Gasteiger partial charge in [-0.3, -0.25) is 14.5 Å². The lowest BCUT2D eigenvalue weighted by Gasteiger charge is -2.14. The van der Waals surface area contributed by atoms with Gasteiger partial charge >= 0.3 is 0 Å². The summed E-state index contributed by atoms with van der Waals surface area (Å²) in [6.07, 6.45) is 1.32. The van der Waals surface area contributed by atoms with Crippen molar-refractivity contribution in [1.29, 1.82) is 0 Å². The molecule has 0 fully saturated rings. The lowest BCUT2D eigenvalue weighted by Crippen LogP contribution is -2.29. The number of fused-ring (bicyclic) bond motifs is 2. The van der Waals surface area contributed by atoms with Crippen LogP contribution in [0.1, 0.15) is 31.8 Å². The first kappa shape index (κ1) is 20.9. The number of benzene rings is 3. The SMILES string of the molecule is O=C1c2c(c(O)c3nc(NCc4ccccc4)ncc3c2O)C(=O)N1Cc1cccc(Br)c1. The maximum atomic E-state index is 13.1. The minimum Gasteiger partial charge on any atom is -0.506 e. The Morgan fingerprint density at radius 2 is 1.61 bits per heavy atom. The van der Waals surface area contributed by atoms with Gasteiger partial charge in [0.25, 0.3) is 11.8 Å². The largest absolute Gasteiger partial charge is 0.506 e. The maximum Gasteiger partial charge on any atom is 0.265 e. The first-order chi connectivity index (χ1) is 15.9. The van der Waals surface area contributed by atoms with Crippen molar-refractivity contribution in [3.05, 3.63) is 87.5 Å². The number of hydrogen-bond acceptors (Lipinski definition) is 7. The van der Waals surface area contributed by atoms with Crippen LogP contribution in [-0.4, -0.2) is 36.9 Å². The number of aromatic nitrogens is 2. The number of carbonyl (C=O) groups is 2. The van der Waals surface area contributed by atoms with Gasteiger partial charge in [0, 0.05) is 17.2 Å². The highest BCUT2D eigenvalue weighted by atomic mass is 79.9. The van der Waals surface area contributed by atoms with Crippen LogP contribution < -0.4 is 5.32 Å². The number of aromatic hydroxyl groups is 2. The first-order valence-electron chi connectivity index (χ1n) is 10.1. The molecule has 9 heteroatoms. The number of carbonyl (C=O) groups excluding carboxylic acids is 2. The van der Waals surface area contributed by atoms with Crippen LogP contribution >= 0.6 is 15.9 Å². The molecule has 164 valence electrons. The highest BCUT2D eigenvalue weighted by molar-refractivity contribution is 9.10. The molecular formula is C24H17BrN4O4. The van der Waals surface area contributed by atoms with Gasteiger partial charge in [0.05, 0.1) is 17.5 Å². The molecule has 4 aromatic rings. The molecule has 2 heterocycles. The Labute approximate surface area is 196 Å². The van der Waals surface area contributed by atoms with E-state index < -0.39 is 23.3 Å². The summed E-state index contributed by atoms with van der Waals surface area (Å²) in [5.74, 6) is -2.05. The van der Waals surface area contributed by atoms with Crippen molar-refractivity contribution >= 4 is 44.6 Å². The number of imide groups is 1. The predicted octanol–water partition coefficient (Wildman–Crippen LogP) is 4.21. The number of rotatable bonds is 5. The van der Waals surface area contributed by atoms with Crippen LogP contribution in [0.3, 0.4) is 0 Å². The third-order valence-corrected chi connectivity index (χ3v) is 5.93. The Kier molecular flexibility index (Phi) is 5.18. The molecule has 0 saturated carbocycles. The van der Waals surface area contributed by atoms with Crippen LogP contribution in [-0.2, 0) is 13.1 Å². The van der Waals surface area contributed by atoms with Crippen LogP contribution in [0.15, 0.2) is 65.3 Å². The van der Waals surface area contributed by atoms with E-state index in [2.05, 4.69) is 31.2 Å². The van der Waals surface area contributed by atoms with Crippen molar-refractivity contribution in [2.45, 2.75) is 13.1 Å². The van der Waals surface area contributed by atoms with E-state index >= 15 is 0 Å². The fourth-order valence-electron chi connectivity index (χ4n) is 3.83. The summed E-state index contributed by atoms with van der Waals surface area (Å²) < 4.78 is 0.804. The van der Waals surface area contributed by atoms with Crippen molar-refractivity contribution in [1.82, 2.24) is 14.9 Å². The number of phenols is 2. The molecule has 8 nitrogen and oxygen atoms in total. The zero-order valence-corrected chi connectivity index (χ0v) is 18.7. The number of anilines is 1. The summed E-state index contributed by atoms with van der Waals surface area (Å²) in [6, 6.07) is 16.8. The molecule has 0 aliphatic carbocycles. The van der Waals surface area contributed by atoms with Crippen molar-refractivity contribution in [2.24, 2.45) is 0 Å². The van der Waals surface area contributed by atoms with E-state index in [-0.39, 0.29) is 34.5 Å². The van der Waals surface area contributed by atoms with Crippen LogP contribution in [0.4, 0.5) is 5.95 Å². The number of halogens is 1. The second-order valence-corrected chi connectivity index (χ2v) is 8.48. The molecule has 3 N–H and O–H groups in total. The lowest BCUT2D eigenvalue weighted by atomic mass is 10.0. The Morgan fingerprint density at radius 3 is 2.33 bits per heavy atom. The van der Waals surface area contributed by atoms with Crippen LogP contribution in [0.25, 0.3) is 10.9 Å². The predicted molar refractivity (Wildman–Crippen MR) is 125 cm³/mol. The fourth-order valence-corrected chi connectivity index (χ4v) is 4.27. The zero-order valence-electron chi connectivity index (χ0n) is 17.1. The summed E-state index contributed by atoms with van der Waals surface area (Å²) in [5.41, 5.74) is 1.21. The molecule has 2 amide bonds. The molecule has 33 heavy (non-hydrogen) atoms. The molecule has 0 radical (unpaired) electrons. The van der Waals surface area contributed by atoms with Crippen LogP contribution in [0.5, 0.6) is 11.5 Å². The molecule has 5 rings (SSSR count). The second kappa shape index (κ2) is 8.18. The number of nitrogens with zero attached hydrogens (tertiary/aromatic N) is 3. The van der Waals surface area contributed by atoms with E-state index in [4.69, 9.17) is 0 Å². The van der Waals surface area contributed by atoms with E-state index in [1.807, 2.05) is 36.4 Å². The van der Waals surface area contributed by atoms with Gasteiger partial charge in [-0.2, -0.15) is 0 Å². The Bertz CT molecular complexity index is 1430. The summed E-state index contributed by atoms with van der Waals surface area (Å²) in [6.45, 7) is 0.443. The summed E-state index contributed by atoms with van der Waals surface area (Å²) in [7, 11) is 0. The molecule has 1 aromatic heterocycles. The third kappa shape index (κ3) is 3.66. The van der Waals surface area contributed by atoms with Gasteiger partial charge in [0.2, 0.25) is 5.95 Å². The Morgan fingerprint density at radius 1 is 0.909 bits per heavy atom. The highest BCUT2D eigenvalue weighted by Crippen LogP contribution is 2.43.